The standard InChI is InChI=1S/C16H16O2/c1-3-16(17)18-14-10-9-12(2)15(11-14)13-7-5-4-6-8-13/h4-11H,3H2,1-2H3. The van der Waals surface area contributed by atoms with E-state index in [0.29, 0.717) is 12.2 Å². The maximum atomic E-state index is 11.3. The van der Waals surface area contributed by atoms with Gasteiger partial charge in [-0.25, -0.2) is 0 Å². The SMILES string of the molecule is CCC(=O)Oc1ccc(C)c(-c2ccccc2)c1. The summed E-state index contributed by atoms with van der Waals surface area (Å²) in [5.41, 5.74) is 3.39. The van der Waals surface area contributed by atoms with Crippen molar-refractivity contribution >= 4 is 5.97 Å². The van der Waals surface area contributed by atoms with E-state index in [-0.39, 0.29) is 5.97 Å². The summed E-state index contributed by atoms with van der Waals surface area (Å²) >= 11 is 0. The Balaban J connectivity index is 2.36. The van der Waals surface area contributed by atoms with Crippen molar-refractivity contribution in [3.8, 4) is 16.9 Å². The van der Waals surface area contributed by atoms with E-state index in [1.165, 1.54) is 0 Å². The lowest BCUT2D eigenvalue weighted by Gasteiger charge is -2.09. The normalized spacial score (nSPS) is 10.1. The molecule has 0 heterocycles. The quantitative estimate of drug-likeness (QED) is 0.599. The number of hydrogen-bond donors (Lipinski definition) is 0. The molecule has 0 N–H and O–H groups in total. The molecule has 0 saturated heterocycles. The topological polar surface area (TPSA) is 26.3 Å². The maximum absolute atomic E-state index is 11.3. The molecule has 2 aromatic carbocycles. The molecule has 2 heteroatoms. The molecule has 92 valence electrons. The van der Waals surface area contributed by atoms with Gasteiger partial charge in [-0.3, -0.25) is 4.79 Å². The van der Waals surface area contributed by atoms with Gasteiger partial charge in [-0.1, -0.05) is 43.3 Å². The Morgan fingerprint density at radius 1 is 1.11 bits per heavy atom. The van der Waals surface area contributed by atoms with Crippen molar-refractivity contribution in [3.05, 3.63) is 54.1 Å². The second-order valence-electron chi connectivity index (χ2n) is 4.17. The summed E-state index contributed by atoms with van der Waals surface area (Å²) in [7, 11) is 0. The van der Waals surface area contributed by atoms with Crippen LogP contribution in [-0.4, -0.2) is 5.97 Å². The summed E-state index contributed by atoms with van der Waals surface area (Å²) < 4.78 is 5.24. The maximum Gasteiger partial charge on any atom is 0.310 e. The Kier molecular flexibility index (Phi) is 3.78. The van der Waals surface area contributed by atoms with Gasteiger partial charge in [0, 0.05) is 6.42 Å². The third-order valence-electron chi connectivity index (χ3n) is 2.81. The summed E-state index contributed by atoms with van der Waals surface area (Å²) in [5.74, 6) is 0.393. The fourth-order valence-electron chi connectivity index (χ4n) is 1.80. The van der Waals surface area contributed by atoms with Crippen LogP contribution in [0, 0.1) is 6.92 Å². The highest BCUT2D eigenvalue weighted by atomic mass is 16.5. The van der Waals surface area contributed by atoms with E-state index in [9.17, 15) is 4.79 Å². The van der Waals surface area contributed by atoms with Crippen LogP contribution >= 0.6 is 0 Å². The van der Waals surface area contributed by atoms with Gasteiger partial charge in [0.2, 0.25) is 0 Å². The fourth-order valence-corrected chi connectivity index (χ4v) is 1.80. The summed E-state index contributed by atoms with van der Waals surface area (Å²) in [4.78, 5) is 11.3. The first-order valence-electron chi connectivity index (χ1n) is 6.07. The number of benzene rings is 2. The smallest absolute Gasteiger partial charge is 0.310 e. The number of carbonyl (C=O) groups excluding carboxylic acids is 1. The number of rotatable bonds is 3. The zero-order valence-electron chi connectivity index (χ0n) is 10.6. The van der Waals surface area contributed by atoms with E-state index in [1.54, 1.807) is 6.92 Å². The molecule has 0 spiro atoms. The van der Waals surface area contributed by atoms with Gasteiger partial charge in [-0.05, 0) is 35.7 Å². The van der Waals surface area contributed by atoms with Gasteiger partial charge in [0.1, 0.15) is 5.75 Å². The highest BCUT2D eigenvalue weighted by Gasteiger charge is 2.06. The zero-order valence-corrected chi connectivity index (χ0v) is 10.6. The largest absolute Gasteiger partial charge is 0.427 e. The summed E-state index contributed by atoms with van der Waals surface area (Å²) in [6.07, 6.45) is 0.383. The number of aryl methyl sites for hydroxylation is 1. The Bertz CT molecular complexity index is 544. The highest BCUT2D eigenvalue weighted by Crippen LogP contribution is 2.27. The molecule has 0 atom stereocenters. The molecule has 18 heavy (non-hydrogen) atoms. The van der Waals surface area contributed by atoms with Crippen molar-refractivity contribution in [2.45, 2.75) is 20.3 Å². The van der Waals surface area contributed by atoms with Crippen LogP contribution in [0.3, 0.4) is 0 Å². The highest BCUT2D eigenvalue weighted by molar-refractivity contribution is 5.74. The summed E-state index contributed by atoms with van der Waals surface area (Å²) in [6, 6.07) is 15.8. The second-order valence-corrected chi connectivity index (χ2v) is 4.17. The molecule has 0 saturated carbocycles. The van der Waals surface area contributed by atoms with Crippen molar-refractivity contribution in [3.63, 3.8) is 0 Å². The minimum absolute atomic E-state index is 0.210. The van der Waals surface area contributed by atoms with Crippen molar-refractivity contribution in [2.75, 3.05) is 0 Å². The van der Waals surface area contributed by atoms with Gasteiger partial charge in [-0.15, -0.1) is 0 Å². The second kappa shape index (κ2) is 5.50. The Hall–Kier alpha value is -2.09. The fraction of sp³-hybridized carbons (Fsp3) is 0.188. The van der Waals surface area contributed by atoms with Crippen LogP contribution in [0.25, 0.3) is 11.1 Å². The molecular formula is C16H16O2. The van der Waals surface area contributed by atoms with E-state index >= 15 is 0 Å². The van der Waals surface area contributed by atoms with Crippen molar-refractivity contribution in [2.24, 2.45) is 0 Å². The van der Waals surface area contributed by atoms with Crippen LogP contribution in [0.5, 0.6) is 5.75 Å². The van der Waals surface area contributed by atoms with Crippen LogP contribution in [0.15, 0.2) is 48.5 Å². The molecule has 0 aliphatic rings. The average molecular weight is 240 g/mol. The van der Waals surface area contributed by atoms with Gasteiger partial charge >= 0.3 is 5.97 Å². The van der Waals surface area contributed by atoms with Gasteiger partial charge < -0.3 is 4.74 Å². The first-order valence-corrected chi connectivity index (χ1v) is 6.07. The minimum atomic E-state index is -0.210. The van der Waals surface area contributed by atoms with Gasteiger partial charge in [0.05, 0.1) is 0 Å². The van der Waals surface area contributed by atoms with Gasteiger partial charge in [-0.2, -0.15) is 0 Å². The monoisotopic (exact) mass is 240 g/mol. The number of ether oxygens (including phenoxy) is 1. The molecule has 2 nitrogen and oxygen atoms in total. The van der Waals surface area contributed by atoms with Crippen LogP contribution in [0.2, 0.25) is 0 Å². The zero-order chi connectivity index (χ0) is 13.0. The third-order valence-corrected chi connectivity index (χ3v) is 2.81. The van der Waals surface area contributed by atoms with Crippen LogP contribution in [0.1, 0.15) is 18.9 Å². The molecule has 0 fully saturated rings. The van der Waals surface area contributed by atoms with E-state index in [4.69, 9.17) is 4.74 Å². The van der Waals surface area contributed by atoms with Gasteiger partial charge in [0.15, 0.2) is 0 Å². The molecule has 0 radical (unpaired) electrons. The lowest BCUT2D eigenvalue weighted by molar-refractivity contribution is -0.134. The average Bonchev–Trinajstić information content (AvgIpc) is 2.42. The molecular weight excluding hydrogens is 224 g/mol. The molecule has 0 bridgehead atoms. The Morgan fingerprint density at radius 2 is 1.83 bits per heavy atom. The predicted molar refractivity (Wildman–Crippen MR) is 72.5 cm³/mol. The Labute approximate surface area is 107 Å². The van der Waals surface area contributed by atoms with Crippen molar-refractivity contribution in [1.82, 2.24) is 0 Å². The molecule has 0 amide bonds. The van der Waals surface area contributed by atoms with E-state index < -0.39 is 0 Å². The van der Waals surface area contributed by atoms with Gasteiger partial charge in [0.25, 0.3) is 0 Å². The molecule has 0 aliphatic carbocycles. The number of esters is 1. The molecule has 0 aromatic heterocycles. The van der Waals surface area contributed by atoms with Crippen LogP contribution < -0.4 is 4.74 Å². The third kappa shape index (κ3) is 2.77. The molecule has 2 aromatic rings. The van der Waals surface area contributed by atoms with Crippen LogP contribution in [-0.2, 0) is 4.79 Å². The predicted octanol–water partition coefficient (Wildman–Crippen LogP) is 3.98. The van der Waals surface area contributed by atoms with Crippen molar-refractivity contribution < 1.29 is 9.53 Å². The summed E-state index contributed by atoms with van der Waals surface area (Å²) in [6.45, 7) is 3.84. The number of carbonyl (C=O) groups is 1. The lowest BCUT2D eigenvalue weighted by atomic mass is 10.0. The first-order chi connectivity index (χ1) is 8.70. The van der Waals surface area contributed by atoms with E-state index in [1.807, 2.05) is 55.5 Å². The summed E-state index contributed by atoms with van der Waals surface area (Å²) in [5, 5.41) is 0. The molecule has 2 rings (SSSR count). The number of hydrogen-bond acceptors (Lipinski definition) is 2. The lowest BCUT2D eigenvalue weighted by Crippen LogP contribution is -2.05. The van der Waals surface area contributed by atoms with E-state index in [0.717, 1.165) is 16.7 Å². The van der Waals surface area contributed by atoms with Crippen molar-refractivity contribution in [1.29, 1.82) is 0 Å². The molecule has 0 aliphatic heterocycles. The Morgan fingerprint density at radius 3 is 2.50 bits per heavy atom. The van der Waals surface area contributed by atoms with Crippen LogP contribution in [0.4, 0.5) is 0 Å². The minimum Gasteiger partial charge on any atom is -0.427 e. The first kappa shape index (κ1) is 12.4. The molecule has 0 unspecified atom stereocenters. The van der Waals surface area contributed by atoms with E-state index in [2.05, 4.69) is 0 Å².